The molecule has 0 N–H and O–H groups in total. The maximum Gasteiger partial charge on any atom is 0.170 e. The number of Topliss-reactive ketones (excluding diaryl/α,β-unsaturated/α-hetero) is 1. The summed E-state index contributed by atoms with van der Waals surface area (Å²) in [6.45, 7) is 6.20. The highest BCUT2D eigenvalue weighted by Crippen LogP contribution is 2.34. The molecule has 0 radical (unpaired) electrons. The third-order valence-electron chi connectivity index (χ3n) is 5.15. The van der Waals surface area contributed by atoms with E-state index in [2.05, 4.69) is 0 Å². The van der Waals surface area contributed by atoms with Gasteiger partial charge in [-0.2, -0.15) is 0 Å². The van der Waals surface area contributed by atoms with Crippen molar-refractivity contribution in [1.29, 1.82) is 0 Å². The van der Waals surface area contributed by atoms with Gasteiger partial charge in [0.05, 0.1) is 5.52 Å². The van der Waals surface area contributed by atoms with E-state index in [0.29, 0.717) is 23.0 Å². The van der Waals surface area contributed by atoms with Crippen molar-refractivity contribution in [2.45, 2.75) is 27.3 Å². The fourth-order valence-electron chi connectivity index (χ4n) is 3.67. The van der Waals surface area contributed by atoms with E-state index in [0.717, 1.165) is 16.7 Å². The molecule has 0 spiro atoms. The lowest BCUT2D eigenvalue weighted by atomic mass is 9.86. The van der Waals surface area contributed by atoms with Gasteiger partial charge in [-0.1, -0.05) is 81.4 Å². The van der Waals surface area contributed by atoms with Crippen LogP contribution in [0.5, 0.6) is 0 Å². The maximum atomic E-state index is 15.3. The molecule has 0 saturated heterocycles. The first-order chi connectivity index (χ1) is 13.8. The van der Waals surface area contributed by atoms with Crippen LogP contribution in [0.4, 0.5) is 4.39 Å². The van der Waals surface area contributed by atoms with E-state index in [-0.39, 0.29) is 11.6 Å². The first-order valence-electron chi connectivity index (χ1n) is 9.81. The Bertz CT molecular complexity index is 1170. The van der Waals surface area contributed by atoms with Gasteiger partial charge in [0.15, 0.2) is 5.78 Å². The molecule has 0 aliphatic carbocycles. The largest absolute Gasteiger partial charge is 0.340 e. The Balaban J connectivity index is 1.94. The molecule has 0 aliphatic rings. The summed E-state index contributed by atoms with van der Waals surface area (Å²) >= 11 is 0. The second-order valence-corrected chi connectivity index (χ2v) is 8.46. The first-order valence-corrected chi connectivity index (χ1v) is 9.81. The summed E-state index contributed by atoms with van der Waals surface area (Å²) < 4.78 is 17.2. The smallest absolute Gasteiger partial charge is 0.170 e. The summed E-state index contributed by atoms with van der Waals surface area (Å²) in [5.41, 5.74) is 3.26. The van der Waals surface area contributed by atoms with Crippen LogP contribution in [0, 0.1) is 11.2 Å². The van der Waals surface area contributed by atoms with Crippen molar-refractivity contribution in [2.75, 3.05) is 0 Å². The molecule has 0 bridgehead atoms. The maximum absolute atomic E-state index is 15.3. The van der Waals surface area contributed by atoms with E-state index in [1.54, 1.807) is 6.07 Å². The second kappa shape index (κ2) is 7.32. The van der Waals surface area contributed by atoms with E-state index in [1.807, 2.05) is 98.3 Å². The Morgan fingerprint density at radius 1 is 0.897 bits per heavy atom. The van der Waals surface area contributed by atoms with Gasteiger partial charge in [0.1, 0.15) is 5.82 Å². The van der Waals surface area contributed by atoms with E-state index in [1.165, 1.54) is 0 Å². The number of ketones is 1. The molecule has 0 unspecified atom stereocenters. The van der Waals surface area contributed by atoms with Gasteiger partial charge >= 0.3 is 0 Å². The minimum Gasteiger partial charge on any atom is -0.340 e. The molecule has 2 nitrogen and oxygen atoms in total. The monoisotopic (exact) mass is 385 g/mol. The summed E-state index contributed by atoms with van der Waals surface area (Å²) in [5.74, 6) is -0.302. The Hall–Kier alpha value is -3.20. The van der Waals surface area contributed by atoms with E-state index in [4.69, 9.17) is 0 Å². The summed E-state index contributed by atoms with van der Waals surface area (Å²) in [6, 6.07) is 23.1. The Kier molecular flexibility index (Phi) is 4.83. The van der Waals surface area contributed by atoms with Crippen LogP contribution in [0.3, 0.4) is 0 Å². The average Bonchev–Trinajstić information content (AvgIpc) is 3.06. The summed E-state index contributed by atoms with van der Waals surface area (Å²) in [4.78, 5) is 13.2. The first kappa shape index (κ1) is 19.1. The molecule has 1 aromatic heterocycles. The third-order valence-corrected chi connectivity index (χ3v) is 5.15. The molecule has 4 aromatic rings. The normalized spacial score (nSPS) is 11.7. The van der Waals surface area contributed by atoms with Crippen molar-refractivity contribution in [2.24, 2.45) is 5.41 Å². The zero-order valence-electron chi connectivity index (χ0n) is 16.9. The van der Waals surface area contributed by atoms with Gasteiger partial charge in [-0.05, 0) is 28.8 Å². The standard InChI is InChI=1S/C26H24FNO/c1-26(2,3)25(29)22-17-28(16-18-10-6-4-7-11-18)24-21(22)14-20(15-23(24)27)19-12-8-5-9-13-19/h4-15,17H,16H2,1-3H3. The predicted molar refractivity (Wildman–Crippen MR) is 117 cm³/mol. The summed E-state index contributed by atoms with van der Waals surface area (Å²) in [5, 5.41) is 0.666. The number of carbonyl (C=O) groups excluding carboxylic acids is 1. The molecule has 4 rings (SSSR count). The van der Waals surface area contributed by atoms with Crippen LogP contribution >= 0.6 is 0 Å². The van der Waals surface area contributed by atoms with Gasteiger partial charge in [0, 0.05) is 29.1 Å². The van der Waals surface area contributed by atoms with Crippen molar-refractivity contribution < 1.29 is 9.18 Å². The molecule has 0 fully saturated rings. The number of rotatable bonds is 4. The number of carbonyl (C=O) groups is 1. The van der Waals surface area contributed by atoms with Crippen molar-refractivity contribution in [3.8, 4) is 11.1 Å². The lowest BCUT2D eigenvalue weighted by molar-refractivity contribution is 0.0860. The number of hydrogen-bond acceptors (Lipinski definition) is 1. The Morgan fingerprint density at radius 2 is 1.52 bits per heavy atom. The zero-order valence-corrected chi connectivity index (χ0v) is 16.9. The quantitative estimate of drug-likeness (QED) is 0.357. The summed E-state index contributed by atoms with van der Waals surface area (Å²) in [6.07, 6.45) is 1.81. The number of hydrogen-bond donors (Lipinski definition) is 0. The highest BCUT2D eigenvalue weighted by atomic mass is 19.1. The molecule has 0 amide bonds. The fraction of sp³-hybridized carbons (Fsp3) is 0.192. The average molecular weight is 385 g/mol. The highest BCUT2D eigenvalue weighted by molar-refractivity contribution is 6.11. The molecule has 0 aliphatic heterocycles. The minimum atomic E-state index is -0.551. The molecular weight excluding hydrogens is 361 g/mol. The SMILES string of the molecule is CC(C)(C)C(=O)c1cn(Cc2ccccc2)c2c(F)cc(-c3ccccc3)cc12. The van der Waals surface area contributed by atoms with Crippen molar-refractivity contribution in [3.05, 3.63) is 95.9 Å². The minimum absolute atomic E-state index is 0.0129. The molecule has 1 heterocycles. The van der Waals surface area contributed by atoms with Crippen LogP contribution < -0.4 is 0 Å². The van der Waals surface area contributed by atoms with Gasteiger partial charge in [-0.15, -0.1) is 0 Å². The molecule has 0 saturated carbocycles. The molecular formula is C26H24FNO. The summed E-state index contributed by atoms with van der Waals surface area (Å²) in [7, 11) is 0. The van der Waals surface area contributed by atoms with Crippen LogP contribution in [-0.2, 0) is 6.54 Å². The molecule has 3 heteroatoms. The number of halogens is 1. The third kappa shape index (κ3) is 3.73. The predicted octanol–water partition coefficient (Wildman–Crippen LogP) is 6.72. The highest BCUT2D eigenvalue weighted by Gasteiger charge is 2.27. The Morgan fingerprint density at radius 3 is 2.14 bits per heavy atom. The molecule has 146 valence electrons. The number of benzene rings is 3. The lowest BCUT2D eigenvalue weighted by Crippen LogP contribution is -2.19. The van der Waals surface area contributed by atoms with Crippen LogP contribution in [0.15, 0.2) is 79.0 Å². The van der Waals surface area contributed by atoms with Crippen molar-refractivity contribution in [3.63, 3.8) is 0 Å². The van der Waals surface area contributed by atoms with Gasteiger partial charge in [-0.25, -0.2) is 4.39 Å². The lowest BCUT2D eigenvalue weighted by Gasteiger charge is -2.16. The van der Waals surface area contributed by atoms with Crippen LogP contribution in [0.25, 0.3) is 22.0 Å². The van der Waals surface area contributed by atoms with Gasteiger partial charge in [0.25, 0.3) is 0 Å². The number of fused-ring (bicyclic) bond motifs is 1. The van der Waals surface area contributed by atoms with Crippen LogP contribution in [0.1, 0.15) is 36.7 Å². The van der Waals surface area contributed by atoms with Crippen molar-refractivity contribution in [1.82, 2.24) is 4.57 Å². The molecule has 29 heavy (non-hydrogen) atoms. The number of aromatic nitrogens is 1. The van der Waals surface area contributed by atoms with Crippen LogP contribution in [-0.4, -0.2) is 10.4 Å². The van der Waals surface area contributed by atoms with Gasteiger partial charge in [0.2, 0.25) is 0 Å². The van der Waals surface area contributed by atoms with Crippen LogP contribution in [0.2, 0.25) is 0 Å². The van der Waals surface area contributed by atoms with Crippen molar-refractivity contribution >= 4 is 16.7 Å². The van der Waals surface area contributed by atoms with Gasteiger partial charge in [-0.3, -0.25) is 4.79 Å². The van der Waals surface area contributed by atoms with E-state index in [9.17, 15) is 4.79 Å². The topological polar surface area (TPSA) is 22.0 Å². The zero-order chi connectivity index (χ0) is 20.6. The second-order valence-electron chi connectivity index (χ2n) is 8.46. The molecule has 0 atom stereocenters. The Labute approximate surface area is 170 Å². The van der Waals surface area contributed by atoms with E-state index < -0.39 is 5.41 Å². The number of nitrogens with zero attached hydrogens (tertiary/aromatic N) is 1. The molecule has 3 aromatic carbocycles. The van der Waals surface area contributed by atoms with Gasteiger partial charge < -0.3 is 4.57 Å². The van der Waals surface area contributed by atoms with E-state index >= 15 is 4.39 Å². The fourth-order valence-corrected chi connectivity index (χ4v) is 3.67.